The Morgan fingerprint density at radius 2 is 1.67 bits per heavy atom. The first-order chi connectivity index (χ1) is 13.3. The van der Waals surface area contributed by atoms with Gasteiger partial charge in [-0.2, -0.15) is 15.0 Å². The van der Waals surface area contributed by atoms with Crippen molar-refractivity contribution in [1.29, 1.82) is 0 Å². The minimum absolute atomic E-state index is 0.295. The zero-order chi connectivity index (χ0) is 18.5. The molecule has 7 heteroatoms. The second-order valence-corrected chi connectivity index (χ2v) is 6.78. The molecule has 2 heterocycles. The highest BCUT2D eigenvalue weighted by molar-refractivity contribution is 6.30. The fraction of sp³-hybridized carbons (Fsp3) is 0.250. The van der Waals surface area contributed by atoms with Crippen LogP contribution < -0.4 is 10.6 Å². The first kappa shape index (κ1) is 17.7. The summed E-state index contributed by atoms with van der Waals surface area (Å²) in [6.45, 7) is 1.50. The predicted molar refractivity (Wildman–Crippen MR) is 107 cm³/mol. The van der Waals surface area contributed by atoms with Gasteiger partial charge in [-0.3, -0.25) is 0 Å². The molecule has 0 aliphatic carbocycles. The molecule has 2 aromatic carbocycles. The summed E-state index contributed by atoms with van der Waals surface area (Å²) in [4.78, 5) is 13.7. The van der Waals surface area contributed by atoms with E-state index >= 15 is 0 Å². The lowest BCUT2D eigenvalue weighted by molar-refractivity contribution is 0.0903. The van der Waals surface area contributed by atoms with Crippen LogP contribution in [0.25, 0.3) is 11.4 Å². The Morgan fingerprint density at radius 3 is 2.44 bits per heavy atom. The fourth-order valence-corrected chi connectivity index (χ4v) is 3.12. The number of halogens is 1. The summed E-state index contributed by atoms with van der Waals surface area (Å²) in [5.74, 6) is 1.64. The highest BCUT2D eigenvalue weighted by Crippen LogP contribution is 2.22. The zero-order valence-electron chi connectivity index (χ0n) is 14.7. The molecular weight excluding hydrogens is 362 g/mol. The quantitative estimate of drug-likeness (QED) is 0.676. The molecule has 0 saturated carbocycles. The van der Waals surface area contributed by atoms with Gasteiger partial charge < -0.3 is 15.4 Å². The number of ether oxygens (including phenoxy) is 1. The molecule has 0 atom stereocenters. The summed E-state index contributed by atoms with van der Waals surface area (Å²) in [7, 11) is 0. The van der Waals surface area contributed by atoms with E-state index < -0.39 is 0 Å². The van der Waals surface area contributed by atoms with Crippen LogP contribution in [-0.4, -0.2) is 34.2 Å². The molecule has 1 saturated heterocycles. The average Bonchev–Trinajstić information content (AvgIpc) is 2.69. The van der Waals surface area contributed by atoms with Crippen molar-refractivity contribution in [2.24, 2.45) is 0 Å². The van der Waals surface area contributed by atoms with Crippen molar-refractivity contribution in [3.63, 3.8) is 0 Å². The number of hydrogen-bond acceptors (Lipinski definition) is 6. The van der Waals surface area contributed by atoms with Gasteiger partial charge in [0.05, 0.1) is 0 Å². The number of aromatic nitrogens is 3. The smallest absolute Gasteiger partial charge is 0.232 e. The first-order valence-corrected chi connectivity index (χ1v) is 9.32. The highest BCUT2D eigenvalue weighted by Gasteiger charge is 2.16. The van der Waals surface area contributed by atoms with Crippen molar-refractivity contribution in [1.82, 2.24) is 15.0 Å². The predicted octanol–water partition coefficient (Wildman–Crippen LogP) is 4.53. The van der Waals surface area contributed by atoms with E-state index in [1.807, 2.05) is 54.6 Å². The molecule has 4 rings (SSSR count). The highest BCUT2D eigenvalue weighted by atomic mass is 35.5. The van der Waals surface area contributed by atoms with E-state index in [0.717, 1.165) is 37.3 Å². The summed E-state index contributed by atoms with van der Waals surface area (Å²) >= 11 is 6.08. The van der Waals surface area contributed by atoms with Crippen LogP contribution in [0.4, 0.5) is 17.6 Å². The fourth-order valence-electron chi connectivity index (χ4n) is 2.93. The van der Waals surface area contributed by atoms with Crippen molar-refractivity contribution >= 4 is 29.2 Å². The third kappa shape index (κ3) is 4.72. The third-order valence-electron chi connectivity index (χ3n) is 4.30. The Kier molecular flexibility index (Phi) is 5.46. The number of benzene rings is 2. The molecular formula is C20H20ClN5O. The van der Waals surface area contributed by atoms with Crippen molar-refractivity contribution in [3.05, 3.63) is 59.6 Å². The Hall–Kier alpha value is -2.70. The monoisotopic (exact) mass is 381 g/mol. The van der Waals surface area contributed by atoms with Crippen molar-refractivity contribution in [2.45, 2.75) is 18.9 Å². The molecule has 0 unspecified atom stereocenters. The standard InChI is InChI=1S/C20H20ClN5O/c21-15-7-4-8-17(13-15)23-20-25-18(14-5-2-1-3-6-14)24-19(26-20)22-16-9-11-27-12-10-16/h1-8,13,16H,9-12H2,(H2,22,23,24,25,26). The molecule has 138 valence electrons. The van der Waals surface area contributed by atoms with Crippen LogP contribution in [0.5, 0.6) is 0 Å². The third-order valence-corrected chi connectivity index (χ3v) is 4.54. The van der Waals surface area contributed by atoms with Gasteiger partial charge in [-0.25, -0.2) is 0 Å². The number of nitrogens with one attached hydrogen (secondary N) is 2. The van der Waals surface area contributed by atoms with E-state index in [1.54, 1.807) is 0 Å². The van der Waals surface area contributed by atoms with E-state index in [0.29, 0.717) is 28.8 Å². The number of nitrogens with zero attached hydrogens (tertiary/aromatic N) is 3. The zero-order valence-corrected chi connectivity index (χ0v) is 15.5. The first-order valence-electron chi connectivity index (χ1n) is 8.95. The Labute approximate surface area is 163 Å². The molecule has 1 fully saturated rings. The van der Waals surface area contributed by atoms with Crippen LogP contribution in [0, 0.1) is 0 Å². The van der Waals surface area contributed by atoms with Crippen LogP contribution in [0.2, 0.25) is 5.02 Å². The van der Waals surface area contributed by atoms with Crippen LogP contribution in [-0.2, 0) is 4.74 Å². The van der Waals surface area contributed by atoms with Crippen molar-refractivity contribution in [2.75, 3.05) is 23.8 Å². The van der Waals surface area contributed by atoms with E-state index in [2.05, 4.69) is 25.6 Å². The minimum atomic E-state index is 0.295. The Bertz CT molecular complexity index is 900. The number of rotatable bonds is 5. The summed E-state index contributed by atoms with van der Waals surface area (Å²) in [6.07, 6.45) is 1.87. The maximum Gasteiger partial charge on any atom is 0.232 e. The van der Waals surface area contributed by atoms with Crippen molar-refractivity contribution in [3.8, 4) is 11.4 Å². The van der Waals surface area contributed by atoms with Gasteiger partial charge in [0, 0.05) is 35.5 Å². The van der Waals surface area contributed by atoms with E-state index in [9.17, 15) is 0 Å². The maximum atomic E-state index is 6.08. The SMILES string of the molecule is Clc1cccc(Nc2nc(NC3CCOCC3)nc(-c3ccccc3)n2)c1. The molecule has 6 nitrogen and oxygen atoms in total. The van der Waals surface area contributed by atoms with Gasteiger partial charge in [-0.05, 0) is 31.0 Å². The minimum Gasteiger partial charge on any atom is -0.381 e. The molecule has 1 aliphatic rings. The van der Waals surface area contributed by atoms with E-state index in [-0.39, 0.29) is 0 Å². The van der Waals surface area contributed by atoms with Gasteiger partial charge in [0.25, 0.3) is 0 Å². The van der Waals surface area contributed by atoms with E-state index in [1.165, 1.54) is 0 Å². The Balaban J connectivity index is 1.65. The normalized spacial score (nSPS) is 14.7. The maximum absolute atomic E-state index is 6.08. The molecule has 3 aromatic rings. The molecule has 1 aromatic heterocycles. The van der Waals surface area contributed by atoms with Gasteiger partial charge in [0.15, 0.2) is 5.82 Å². The van der Waals surface area contributed by atoms with Crippen molar-refractivity contribution < 1.29 is 4.74 Å². The molecule has 2 N–H and O–H groups in total. The summed E-state index contributed by atoms with van der Waals surface area (Å²) in [5.41, 5.74) is 1.76. The van der Waals surface area contributed by atoms with Crippen LogP contribution in [0.3, 0.4) is 0 Å². The van der Waals surface area contributed by atoms with Gasteiger partial charge in [0.2, 0.25) is 11.9 Å². The number of hydrogen-bond donors (Lipinski definition) is 2. The molecule has 0 radical (unpaired) electrons. The second kappa shape index (κ2) is 8.33. The van der Waals surface area contributed by atoms with Gasteiger partial charge >= 0.3 is 0 Å². The molecule has 0 amide bonds. The Morgan fingerprint density at radius 1 is 0.889 bits per heavy atom. The van der Waals surface area contributed by atoms with Crippen LogP contribution in [0.15, 0.2) is 54.6 Å². The van der Waals surface area contributed by atoms with Gasteiger partial charge in [-0.1, -0.05) is 48.0 Å². The molecule has 0 spiro atoms. The lowest BCUT2D eigenvalue weighted by Crippen LogP contribution is -2.28. The largest absolute Gasteiger partial charge is 0.381 e. The second-order valence-electron chi connectivity index (χ2n) is 6.34. The molecule has 0 bridgehead atoms. The summed E-state index contributed by atoms with van der Waals surface area (Å²) in [5, 5.41) is 7.29. The van der Waals surface area contributed by atoms with Crippen LogP contribution >= 0.6 is 11.6 Å². The molecule has 27 heavy (non-hydrogen) atoms. The van der Waals surface area contributed by atoms with Gasteiger partial charge in [0.1, 0.15) is 0 Å². The average molecular weight is 382 g/mol. The van der Waals surface area contributed by atoms with Gasteiger partial charge in [-0.15, -0.1) is 0 Å². The van der Waals surface area contributed by atoms with Crippen LogP contribution in [0.1, 0.15) is 12.8 Å². The lowest BCUT2D eigenvalue weighted by Gasteiger charge is -2.23. The number of anilines is 3. The summed E-state index contributed by atoms with van der Waals surface area (Å²) in [6, 6.07) is 17.6. The molecule has 1 aliphatic heterocycles. The lowest BCUT2D eigenvalue weighted by atomic mass is 10.1. The topological polar surface area (TPSA) is 72.0 Å². The summed E-state index contributed by atoms with van der Waals surface area (Å²) < 4.78 is 5.43. The van der Waals surface area contributed by atoms with E-state index in [4.69, 9.17) is 16.3 Å².